The van der Waals surface area contributed by atoms with Crippen molar-refractivity contribution in [2.45, 2.75) is 32.2 Å². The molecule has 0 spiro atoms. The third-order valence-electron chi connectivity index (χ3n) is 4.86. The highest BCUT2D eigenvalue weighted by Crippen LogP contribution is 2.32. The number of aryl methyl sites for hydroxylation is 1. The molecule has 4 rings (SSSR count). The lowest BCUT2D eigenvalue weighted by Crippen LogP contribution is -2.38. The summed E-state index contributed by atoms with van der Waals surface area (Å²) in [6.07, 6.45) is 2.67. The van der Waals surface area contributed by atoms with Crippen molar-refractivity contribution in [3.63, 3.8) is 0 Å². The monoisotopic (exact) mass is 365 g/mol. The van der Waals surface area contributed by atoms with Gasteiger partial charge in [-0.15, -0.1) is 0 Å². The summed E-state index contributed by atoms with van der Waals surface area (Å²) < 4.78 is 18.7. The molecule has 3 aromatic rings. The number of aromatic nitrogens is 2. The number of piperidine rings is 1. The van der Waals surface area contributed by atoms with Crippen LogP contribution in [0.4, 0.5) is 4.39 Å². The van der Waals surface area contributed by atoms with E-state index in [1.165, 1.54) is 24.3 Å². The Morgan fingerprint density at radius 2 is 2.00 bits per heavy atom. The molecule has 138 valence electrons. The van der Waals surface area contributed by atoms with Gasteiger partial charge in [0.05, 0.1) is 0 Å². The van der Waals surface area contributed by atoms with Crippen molar-refractivity contribution in [2.75, 3.05) is 6.54 Å². The predicted octanol–water partition coefficient (Wildman–Crippen LogP) is 4.55. The van der Waals surface area contributed by atoms with E-state index in [4.69, 9.17) is 4.52 Å². The van der Waals surface area contributed by atoms with Crippen LogP contribution in [0, 0.1) is 12.7 Å². The minimum atomic E-state index is -0.360. The number of nitrogens with zero attached hydrogens (tertiary/aromatic N) is 3. The van der Waals surface area contributed by atoms with E-state index in [2.05, 4.69) is 10.1 Å². The SMILES string of the molecule is Cc1cccc(-c2noc(C3CCCCN3C(=O)c3ccc(F)cc3)n2)c1. The minimum absolute atomic E-state index is 0.144. The van der Waals surface area contributed by atoms with E-state index in [9.17, 15) is 9.18 Å². The molecule has 1 fully saturated rings. The third-order valence-corrected chi connectivity index (χ3v) is 4.86. The third kappa shape index (κ3) is 3.60. The van der Waals surface area contributed by atoms with Crippen molar-refractivity contribution in [3.05, 3.63) is 71.4 Å². The summed E-state index contributed by atoms with van der Waals surface area (Å²) >= 11 is 0. The van der Waals surface area contributed by atoms with E-state index in [1.807, 2.05) is 31.2 Å². The fourth-order valence-electron chi connectivity index (χ4n) is 3.46. The van der Waals surface area contributed by atoms with Gasteiger partial charge in [0.2, 0.25) is 11.7 Å². The maximum absolute atomic E-state index is 13.2. The highest BCUT2D eigenvalue weighted by Gasteiger charge is 2.32. The van der Waals surface area contributed by atoms with Gasteiger partial charge in [-0.2, -0.15) is 4.98 Å². The molecule has 1 unspecified atom stereocenters. The van der Waals surface area contributed by atoms with Crippen LogP contribution >= 0.6 is 0 Å². The number of benzene rings is 2. The van der Waals surface area contributed by atoms with Gasteiger partial charge in [0.25, 0.3) is 5.91 Å². The lowest BCUT2D eigenvalue weighted by Gasteiger charge is -2.33. The number of hydrogen-bond donors (Lipinski definition) is 0. The van der Waals surface area contributed by atoms with Crippen LogP contribution < -0.4 is 0 Å². The molecule has 2 aromatic carbocycles. The fourth-order valence-corrected chi connectivity index (χ4v) is 3.46. The van der Waals surface area contributed by atoms with E-state index in [0.717, 1.165) is 30.4 Å². The average Bonchev–Trinajstić information content (AvgIpc) is 3.18. The summed E-state index contributed by atoms with van der Waals surface area (Å²) in [5.41, 5.74) is 2.46. The van der Waals surface area contributed by atoms with Gasteiger partial charge in [0.1, 0.15) is 11.9 Å². The highest BCUT2D eigenvalue weighted by atomic mass is 19.1. The van der Waals surface area contributed by atoms with Gasteiger partial charge in [-0.1, -0.05) is 28.9 Å². The molecule has 0 aliphatic carbocycles. The molecule has 27 heavy (non-hydrogen) atoms. The number of halogens is 1. The maximum Gasteiger partial charge on any atom is 0.254 e. The molecule has 0 N–H and O–H groups in total. The lowest BCUT2D eigenvalue weighted by atomic mass is 10.0. The molecule has 5 nitrogen and oxygen atoms in total. The number of likely N-dealkylation sites (tertiary alicyclic amines) is 1. The Balaban J connectivity index is 1.61. The van der Waals surface area contributed by atoms with Crippen LogP contribution in [-0.4, -0.2) is 27.5 Å². The molecule has 0 bridgehead atoms. The van der Waals surface area contributed by atoms with Crippen LogP contribution in [0.2, 0.25) is 0 Å². The van der Waals surface area contributed by atoms with E-state index in [1.54, 1.807) is 4.90 Å². The molecular formula is C21H20FN3O2. The van der Waals surface area contributed by atoms with Crippen molar-refractivity contribution >= 4 is 5.91 Å². The summed E-state index contributed by atoms with van der Waals surface area (Å²) in [5.74, 6) is 0.464. The van der Waals surface area contributed by atoms with Crippen molar-refractivity contribution < 1.29 is 13.7 Å². The summed E-state index contributed by atoms with van der Waals surface area (Å²) in [5, 5.41) is 4.11. The van der Waals surface area contributed by atoms with Crippen LogP contribution in [0.15, 0.2) is 53.1 Å². The van der Waals surface area contributed by atoms with Gasteiger partial charge in [-0.25, -0.2) is 4.39 Å². The van der Waals surface area contributed by atoms with Crippen LogP contribution in [0.5, 0.6) is 0 Å². The predicted molar refractivity (Wildman–Crippen MR) is 98.5 cm³/mol. The normalized spacial score (nSPS) is 17.1. The molecule has 1 aliphatic heterocycles. The van der Waals surface area contributed by atoms with Gasteiger partial charge in [0.15, 0.2) is 0 Å². The van der Waals surface area contributed by atoms with Gasteiger partial charge in [0, 0.05) is 17.7 Å². The number of carbonyl (C=O) groups excluding carboxylic acids is 1. The number of hydrogen-bond acceptors (Lipinski definition) is 4. The zero-order valence-electron chi connectivity index (χ0n) is 15.1. The molecule has 6 heteroatoms. The average molecular weight is 365 g/mol. The summed E-state index contributed by atoms with van der Waals surface area (Å²) in [6.45, 7) is 2.62. The molecule has 1 amide bonds. The molecule has 1 atom stereocenters. The van der Waals surface area contributed by atoms with Crippen LogP contribution in [-0.2, 0) is 0 Å². The molecule has 1 aromatic heterocycles. The second kappa shape index (κ2) is 7.31. The Morgan fingerprint density at radius 1 is 1.19 bits per heavy atom. The smallest absolute Gasteiger partial charge is 0.254 e. The first-order valence-electron chi connectivity index (χ1n) is 9.09. The Morgan fingerprint density at radius 3 is 2.78 bits per heavy atom. The maximum atomic E-state index is 13.2. The summed E-state index contributed by atoms with van der Waals surface area (Å²) in [6, 6.07) is 13.2. The first kappa shape index (κ1) is 17.4. The number of rotatable bonds is 3. The topological polar surface area (TPSA) is 59.2 Å². The molecule has 0 saturated carbocycles. The van der Waals surface area contributed by atoms with E-state index < -0.39 is 0 Å². The van der Waals surface area contributed by atoms with Crippen LogP contribution in [0.3, 0.4) is 0 Å². The van der Waals surface area contributed by atoms with Crippen molar-refractivity contribution in [3.8, 4) is 11.4 Å². The Hall–Kier alpha value is -3.02. The van der Waals surface area contributed by atoms with Crippen molar-refractivity contribution in [1.29, 1.82) is 0 Å². The van der Waals surface area contributed by atoms with E-state index in [-0.39, 0.29) is 17.8 Å². The molecule has 1 saturated heterocycles. The fraction of sp³-hybridized carbons (Fsp3) is 0.286. The second-order valence-corrected chi connectivity index (χ2v) is 6.84. The highest BCUT2D eigenvalue weighted by molar-refractivity contribution is 5.94. The van der Waals surface area contributed by atoms with Gasteiger partial charge in [-0.05, 0) is 56.5 Å². The zero-order valence-corrected chi connectivity index (χ0v) is 15.1. The minimum Gasteiger partial charge on any atom is -0.337 e. The molecule has 1 aliphatic rings. The summed E-state index contributed by atoms with van der Waals surface area (Å²) in [7, 11) is 0. The zero-order chi connectivity index (χ0) is 18.8. The quantitative estimate of drug-likeness (QED) is 0.683. The van der Waals surface area contributed by atoms with E-state index >= 15 is 0 Å². The molecular weight excluding hydrogens is 345 g/mol. The lowest BCUT2D eigenvalue weighted by molar-refractivity contribution is 0.0561. The van der Waals surface area contributed by atoms with Crippen molar-refractivity contribution in [2.24, 2.45) is 0 Å². The van der Waals surface area contributed by atoms with Crippen LogP contribution in [0.1, 0.15) is 47.1 Å². The molecule has 2 heterocycles. The van der Waals surface area contributed by atoms with E-state index in [0.29, 0.717) is 23.8 Å². The standard InChI is InChI=1S/C21H20FN3O2/c1-14-5-4-6-16(13-14)19-23-20(27-24-19)18-7-2-3-12-25(18)21(26)15-8-10-17(22)11-9-15/h4-6,8-11,13,18H,2-3,7,12H2,1H3. The first-order chi connectivity index (χ1) is 13.1. The number of amides is 1. The Bertz CT molecular complexity index is 952. The van der Waals surface area contributed by atoms with Crippen molar-refractivity contribution in [1.82, 2.24) is 15.0 Å². The number of carbonyl (C=O) groups is 1. The van der Waals surface area contributed by atoms with Gasteiger partial charge >= 0.3 is 0 Å². The Labute approximate surface area is 156 Å². The van der Waals surface area contributed by atoms with Crippen LogP contribution in [0.25, 0.3) is 11.4 Å². The largest absolute Gasteiger partial charge is 0.337 e. The first-order valence-corrected chi connectivity index (χ1v) is 9.09. The molecule has 0 radical (unpaired) electrons. The van der Waals surface area contributed by atoms with Gasteiger partial charge < -0.3 is 9.42 Å². The second-order valence-electron chi connectivity index (χ2n) is 6.84. The Kier molecular flexibility index (Phi) is 4.71. The van der Waals surface area contributed by atoms with Gasteiger partial charge in [-0.3, -0.25) is 4.79 Å². The summed E-state index contributed by atoms with van der Waals surface area (Å²) in [4.78, 5) is 19.2.